The first kappa shape index (κ1) is 27.1. The molecule has 2 rings (SSSR count). The van der Waals surface area contributed by atoms with Crippen LogP contribution in [0.3, 0.4) is 0 Å². The highest BCUT2D eigenvalue weighted by Crippen LogP contribution is 2.19. The van der Waals surface area contributed by atoms with Gasteiger partial charge in [0.05, 0.1) is 18.3 Å². The lowest BCUT2D eigenvalue weighted by atomic mass is 10.1. The number of nitrogens with zero attached hydrogens (tertiary/aromatic N) is 3. The molecule has 32 heavy (non-hydrogen) atoms. The van der Waals surface area contributed by atoms with Crippen LogP contribution in [0, 0.1) is 6.92 Å². The van der Waals surface area contributed by atoms with Crippen molar-refractivity contribution in [2.75, 3.05) is 6.54 Å². The number of aryl methyl sites for hydroxylation is 1. The largest absolute Gasteiger partial charge is 0.481 e. The minimum Gasteiger partial charge on any atom is -0.481 e. The van der Waals surface area contributed by atoms with E-state index >= 15 is 0 Å². The molecule has 2 aromatic rings. The van der Waals surface area contributed by atoms with Crippen LogP contribution < -0.4 is 4.74 Å². The zero-order valence-electron chi connectivity index (χ0n) is 20.9. The quantitative estimate of drug-likeness (QED) is 0.439. The Labute approximate surface area is 194 Å². The first-order valence-electron chi connectivity index (χ1n) is 11.3. The second-order valence-electron chi connectivity index (χ2n) is 7.95. The monoisotopic (exact) mass is 437 g/mol. The number of pyridine rings is 1. The summed E-state index contributed by atoms with van der Waals surface area (Å²) in [5.74, 6) is 0.609. The Balaban J connectivity index is 0.00000249. The van der Waals surface area contributed by atoms with Crippen LogP contribution in [0.1, 0.15) is 65.6 Å². The van der Waals surface area contributed by atoms with Gasteiger partial charge in [0, 0.05) is 18.4 Å². The van der Waals surface area contributed by atoms with Crippen molar-refractivity contribution in [3.8, 4) is 5.75 Å². The smallest absolute Gasteiger partial charge is 0.263 e. The molecule has 174 valence electrons. The molecule has 0 fully saturated rings. The standard InChI is InChI=1S/C25H33N3O2.C2H6/c1-17(2)24(27-20(6)22-9-8-14-26-15-22)16-28(18(3)4)25(29)21(7)30-23-12-10-19(5)11-13-23;1-2/h8-15,18,20-21H,1,16H2,2-7H3;1-2H3/t20?,21-;/m1./s1. The Morgan fingerprint density at radius 2 is 1.75 bits per heavy atom. The molecule has 2 atom stereocenters. The summed E-state index contributed by atoms with van der Waals surface area (Å²) in [6.45, 7) is 20.2. The minimum atomic E-state index is -0.600. The van der Waals surface area contributed by atoms with Gasteiger partial charge in [-0.15, -0.1) is 0 Å². The van der Waals surface area contributed by atoms with Crippen molar-refractivity contribution in [2.24, 2.45) is 4.99 Å². The summed E-state index contributed by atoms with van der Waals surface area (Å²) in [6.07, 6.45) is 2.96. The normalized spacial score (nSPS) is 13.0. The summed E-state index contributed by atoms with van der Waals surface area (Å²) in [6, 6.07) is 11.5. The predicted molar refractivity (Wildman–Crippen MR) is 134 cm³/mol. The van der Waals surface area contributed by atoms with Gasteiger partial charge in [-0.25, -0.2) is 0 Å². The molecule has 0 aliphatic carbocycles. The average molecular weight is 438 g/mol. The Kier molecular flexibility index (Phi) is 11.4. The molecule has 0 spiro atoms. The molecule has 1 aromatic heterocycles. The molecule has 1 unspecified atom stereocenters. The predicted octanol–water partition coefficient (Wildman–Crippen LogP) is 6.20. The molecule has 0 bridgehead atoms. The first-order valence-corrected chi connectivity index (χ1v) is 11.3. The van der Waals surface area contributed by atoms with Crippen molar-refractivity contribution in [3.63, 3.8) is 0 Å². The van der Waals surface area contributed by atoms with E-state index in [1.807, 2.05) is 91.1 Å². The number of carbonyl (C=O) groups excluding carboxylic acids is 1. The lowest BCUT2D eigenvalue weighted by Gasteiger charge is -2.30. The van der Waals surface area contributed by atoms with Crippen LogP contribution in [0.4, 0.5) is 0 Å². The lowest BCUT2D eigenvalue weighted by molar-refractivity contribution is -0.138. The average Bonchev–Trinajstić information content (AvgIpc) is 2.79. The molecule has 0 aliphatic rings. The van der Waals surface area contributed by atoms with Gasteiger partial charge in [-0.2, -0.15) is 0 Å². The van der Waals surface area contributed by atoms with Crippen molar-refractivity contribution in [1.29, 1.82) is 0 Å². The van der Waals surface area contributed by atoms with Crippen LogP contribution in [-0.4, -0.2) is 40.2 Å². The second kappa shape index (κ2) is 13.5. The van der Waals surface area contributed by atoms with Gasteiger partial charge in [-0.05, 0) is 70.9 Å². The molecule has 5 nitrogen and oxygen atoms in total. The number of amides is 1. The first-order chi connectivity index (χ1) is 15.2. The molecular weight excluding hydrogens is 398 g/mol. The maximum absolute atomic E-state index is 13.2. The third kappa shape index (κ3) is 8.29. The van der Waals surface area contributed by atoms with E-state index in [-0.39, 0.29) is 18.0 Å². The summed E-state index contributed by atoms with van der Waals surface area (Å²) in [4.78, 5) is 24.0. The molecule has 0 N–H and O–H groups in total. The van der Waals surface area contributed by atoms with Gasteiger partial charge in [0.1, 0.15) is 5.75 Å². The molecule has 0 saturated carbocycles. The van der Waals surface area contributed by atoms with Gasteiger partial charge in [-0.3, -0.25) is 14.8 Å². The molecule has 0 aliphatic heterocycles. The number of hydrogen-bond acceptors (Lipinski definition) is 4. The second-order valence-corrected chi connectivity index (χ2v) is 7.95. The summed E-state index contributed by atoms with van der Waals surface area (Å²) < 4.78 is 5.89. The Morgan fingerprint density at radius 1 is 1.12 bits per heavy atom. The Hall–Kier alpha value is -2.95. The van der Waals surface area contributed by atoms with E-state index in [1.54, 1.807) is 18.0 Å². The van der Waals surface area contributed by atoms with Crippen molar-refractivity contribution >= 4 is 11.6 Å². The Morgan fingerprint density at radius 3 is 2.25 bits per heavy atom. The van der Waals surface area contributed by atoms with Crippen molar-refractivity contribution in [1.82, 2.24) is 9.88 Å². The van der Waals surface area contributed by atoms with Gasteiger partial charge in [0.25, 0.3) is 5.91 Å². The molecule has 1 aromatic carbocycles. The zero-order chi connectivity index (χ0) is 24.3. The Bertz CT molecular complexity index is 874. The van der Waals surface area contributed by atoms with Crippen molar-refractivity contribution < 1.29 is 9.53 Å². The summed E-state index contributed by atoms with van der Waals surface area (Å²) in [7, 11) is 0. The summed E-state index contributed by atoms with van der Waals surface area (Å²) in [5, 5.41) is 0. The molecule has 0 radical (unpaired) electrons. The van der Waals surface area contributed by atoms with Crippen molar-refractivity contribution in [2.45, 2.75) is 73.6 Å². The number of ether oxygens (including phenoxy) is 1. The van der Waals surface area contributed by atoms with Gasteiger partial charge in [0.2, 0.25) is 0 Å². The lowest BCUT2D eigenvalue weighted by Crippen LogP contribution is -2.47. The van der Waals surface area contributed by atoms with Crippen molar-refractivity contribution in [3.05, 3.63) is 72.1 Å². The molecule has 0 saturated heterocycles. The third-order valence-electron chi connectivity index (χ3n) is 4.92. The maximum atomic E-state index is 13.2. The van der Waals surface area contributed by atoms with E-state index in [0.717, 1.165) is 22.4 Å². The van der Waals surface area contributed by atoms with Crippen LogP contribution >= 0.6 is 0 Å². The fraction of sp³-hybridized carbons (Fsp3) is 0.444. The van der Waals surface area contributed by atoms with E-state index < -0.39 is 6.10 Å². The fourth-order valence-electron chi connectivity index (χ4n) is 3.00. The van der Waals surface area contributed by atoms with Crippen LogP contribution in [0.25, 0.3) is 0 Å². The fourth-order valence-corrected chi connectivity index (χ4v) is 3.00. The minimum absolute atomic E-state index is 0.000170. The highest BCUT2D eigenvalue weighted by molar-refractivity contribution is 6.02. The number of rotatable bonds is 9. The number of carbonyl (C=O) groups is 1. The molecule has 5 heteroatoms. The molecular formula is C27H39N3O2. The van der Waals surface area contributed by atoms with Gasteiger partial charge >= 0.3 is 0 Å². The van der Waals surface area contributed by atoms with Crippen LogP contribution in [-0.2, 0) is 4.79 Å². The number of benzene rings is 1. The van der Waals surface area contributed by atoms with E-state index in [1.165, 1.54) is 0 Å². The van der Waals surface area contributed by atoms with E-state index in [2.05, 4.69) is 11.6 Å². The summed E-state index contributed by atoms with van der Waals surface area (Å²) >= 11 is 0. The van der Waals surface area contributed by atoms with Gasteiger partial charge in [0.15, 0.2) is 6.10 Å². The number of aliphatic imine (C=N–C) groups is 1. The third-order valence-corrected chi connectivity index (χ3v) is 4.92. The van der Waals surface area contributed by atoms with Crippen LogP contribution in [0.2, 0.25) is 0 Å². The van der Waals surface area contributed by atoms with Crippen LogP contribution in [0.5, 0.6) is 5.75 Å². The zero-order valence-corrected chi connectivity index (χ0v) is 20.9. The highest BCUT2D eigenvalue weighted by Gasteiger charge is 2.26. The maximum Gasteiger partial charge on any atom is 0.263 e. The highest BCUT2D eigenvalue weighted by atomic mass is 16.5. The van der Waals surface area contributed by atoms with E-state index in [0.29, 0.717) is 12.3 Å². The van der Waals surface area contributed by atoms with E-state index in [9.17, 15) is 4.79 Å². The van der Waals surface area contributed by atoms with Crippen LogP contribution in [0.15, 0.2) is 65.9 Å². The topological polar surface area (TPSA) is 54.8 Å². The molecule has 1 amide bonds. The number of hydrogen-bond donors (Lipinski definition) is 0. The van der Waals surface area contributed by atoms with Gasteiger partial charge in [-0.1, -0.05) is 44.2 Å². The summed E-state index contributed by atoms with van der Waals surface area (Å²) in [5.41, 5.74) is 3.82. The van der Waals surface area contributed by atoms with E-state index in [4.69, 9.17) is 9.73 Å². The molecule has 1 heterocycles. The number of aromatic nitrogens is 1. The van der Waals surface area contributed by atoms with Gasteiger partial charge < -0.3 is 9.64 Å². The SMILES string of the molecule is C=C(C)C(CN(C(=O)[C@@H](C)Oc1ccc(C)cc1)C(C)C)=NC(C)c1cccnc1.CC.